The van der Waals surface area contributed by atoms with Crippen molar-refractivity contribution in [2.75, 3.05) is 20.1 Å². The number of hydrogen-bond donors (Lipinski definition) is 0. The summed E-state index contributed by atoms with van der Waals surface area (Å²) in [4.78, 5) is 20.3. The SMILES string of the molecule is CN1CCCN(Cc2cccnc2)C(=O)C1CC#N. The van der Waals surface area contributed by atoms with E-state index in [9.17, 15) is 4.79 Å². The molecule has 2 heterocycles. The average Bonchev–Trinajstić information content (AvgIpc) is 2.55. The molecule has 0 saturated carbocycles. The Hall–Kier alpha value is -1.93. The second-order valence-electron chi connectivity index (χ2n) is 4.83. The Morgan fingerprint density at radius 1 is 1.53 bits per heavy atom. The molecule has 5 nitrogen and oxygen atoms in total. The summed E-state index contributed by atoms with van der Waals surface area (Å²) in [6.45, 7) is 2.16. The van der Waals surface area contributed by atoms with E-state index in [0.717, 1.165) is 25.1 Å². The first kappa shape index (κ1) is 13.5. The summed E-state index contributed by atoms with van der Waals surface area (Å²) in [5.41, 5.74) is 1.02. The highest BCUT2D eigenvalue weighted by atomic mass is 16.2. The molecule has 100 valence electrons. The number of pyridine rings is 1. The highest BCUT2D eigenvalue weighted by Crippen LogP contribution is 2.15. The van der Waals surface area contributed by atoms with Crippen molar-refractivity contribution in [1.29, 1.82) is 5.26 Å². The second kappa shape index (κ2) is 6.30. The van der Waals surface area contributed by atoms with Gasteiger partial charge < -0.3 is 4.90 Å². The highest BCUT2D eigenvalue weighted by molar-refractivity contribution is 5.82. The summed E-state index contributed by atoms with van der Waals surface area (Å²) in [6, 6.07) is 5.63. The monoisotopic (exact) mass is 258 g/mol. The number of rotatable bonds is 3. The maximum atomic E-state index is 12.5. The number of nitriles is 1. The Morgan fingerprint density at radius 2 is 2.37 bits per heavy atom. The van der Waals surface area contributed by atoms with Gasteiger partial charge >= 0.3 is 0 Å². The molecular weight excluding hydrogens is 240 g/mol. The van der Waals surface area contributed by atoms with Crippen LogP contribution in [0, 0.1) is 11.3 Å². The third-order valence-electron chi connectivity index (χ3n) is 3.45. The van der Waals surface area contributed by atoms with Crippen molar-refractivity contribution >= 4 is 5.91 Å². The highest BCUT2D eigenvalue weighted by Gasteiger charge is 2.30. The van der Waals surface area contributed by atoms with Gasteiger partial charge in [0.05, 0.1) is 12.5 Å². The van der Waals surface area contributed by atoms with Crippen LogP contribution in [-0.4, -0.2) is 46.9 Å². The number of hydrogen-bond acceptors (Lipinski definition) is 4. The minimum atomic E-state index is -0.316. The molecule has 0 bridgehead atoms. The second-order valence-corrected chi connectivity index (χ2v) is 4.83. The normalized spacial score (nSPS) is 20.9. The molecule has 1 aliphatic rings. The molecule has 1 aromatic heterocycles. The molecule has 1 amide bonds. The van der Waals surface area contributed by atoms with Crippen LogP contribution in [-0.2, 0) is 11.3 Å². The molecule has 0 radical (unpaired) electrons. The van der Waals surface area contributed by atoms with Crippen LogP contribution >= 0.6 is 0 Å². The Morgan fingerprint density at radius 3 is 3.05 bits per heavy atom. The van der Waals surface area contributed by atoms with Crippen LogP contribution in [0.15, 0.2) is 24.5 Å². The van der Waals surface area contributed by atoms with Gasteiger partial charge in [0, 0.05) is 32.0 Å². The van der Waals surface area contributed by atoms with Crippen molar-refractivity contribution in [2.45, 2.75) is 25.4 Å². The fraction of sp³-hybridized carbons (Fsp3) is 0.500. The van der Waals surface area contributed by atoms with Gasteiger partial charge in [-0.1, -0.05) is 6.07 Å². The third kappa shape index (κ3) is 3.30. The average molecular weight is 258 g/mol. The van der Waals surface area contributed by atoms with E-state index in [2.05, 4.69) is 11.1 Å². The molecule has 0 aromatic carbocycles. The Bertz CT molecular complexity index is 468. The molecule has 1 fully saturated rings. The molecule has 0 N–H and O–H groups in total. The zero-order valence-corrected chi connectivity index (χ0v) is 11.1. The van der Waals surface area contributed by atoms with E-state index in [1.165, 1.54) is 0 Å². The summed E-state index contributed by atoms with van der Waals surface area (Å²) in [6.07, 6.45) is 4.69. The van der Waals surface area contributed by atoms with Crippen LogP contribution in [0.5, 0.6) is 0 Å². The lowest BCUT2D eigenvalue weighted by Gasteiger charge is -2.26. The van der Waals surface area contributed by atoms with Crippen LogP contribution in [0.4, 0.5) is 0 Å². The van der Waals surface area contributed by atoms with E-state index >= 15 is 0 Å². The summed E-state index contributed by atoms with van der Waals surface area (Å²) < 4.78 is 0. The summed E-state index contributed by atoms with van der Waals surface area (Å²) in [7, 11) is 1.91. The van der Waals surface area contributed by atoms with E-state index in [-0.39, 0.29) is 18.4 Å². The molecule has 1 aliphatic heterocycles. The van der Waals surface area contributed by atoms with Crippen molar-refractivity contribution in [3.8, 4) is 6.07 Å². The van der Waals surface area contributed by atoms with E-state index in [1.807, 2.05) is 29.0 Å². The standard InChI is InChI=1S/C14H18N4O/c1-17-8-3-9-18(14(19)13(17)5-6-15)11-12-4-2-7-16-10-12/h2,4,7,10,13H,3,5,8-9,11H2,1H3. The summed E-state index contributed by atoms with van der Waals surface area (Å²) in [5, 5.41) is 8.86. The molecule has 1 aromatic rings. The van der Waals surface area contributed by atoms with Crippen LogP contribution in [0.25, 0.3) is 0 Å². The first-order valence-corrected chi connectivity index (χ1v) is 6.47. The Balaban J connectivity index is 2.11. The molecule has 2 rings (SSSR count). The number of nitrogens with zero attached hydrogens (tertiary/aromatic N) is 4. The fourth-order valence-corrected chi connectivity index (χ4v) is 2.37. The molecule has 0 aliphatic carbocycles. The smallest absolute Gasteiger partial charge is 0.241 e. The van der Waals surface area contributed by atoms with Crippen LogP contribution in [0.3, 0.4) is 0 Å². The zero-order valence-electron chi connectivity index (χ0n) is 11.1. The van der Waals surface area contributed by atoms with E-state index < -0.39 is 0 Å². The van der Waals surface area contributed by atoms with Gasteiger partial charge in [0.2, 0.25) is 5.91 Å². The van der Waals surface area contributed by atoms with Gasteiger partial charge in [-0.3, -0.25) is 14.7 Å². The topological polar surface area (TPSA) is 60.2 Å². The molecule has 1 atom stereocenters. The molecule has 19 heavy (non-hydrogen) atoms. The van der Waals surface area contributed by atoms with Gasteiger partial charge in [0.1, 0.15) is 6.04 Å². The molecule has 0 spiro atoms. The van der Waals surface area contributed by atoms with Crippen molar-refractivity contribution in [2.24, 2.45) is 0 Å². The van der Waals surface area contributed by atoms with Crippen molar-refractivity contribution in [1.82, 2.24) is 14.8 Å². The Labute approximate surface area is 113 Å². The lowest BCUT2D eigenvalue weighted by molar-refractivity contribution is -0.135. The fourth-order valence-electron chi connectivity index (χ4n) is 2.37. The Kier molecular flexibility index (Phi) is 4.48. The van der Waals surface area contributed by atoms with Gasteiger partial charge in [-0.15, -0.1) is 0 Å². The molecule has 5 heteroatoms. The van der Waals surface area contributed by atoms with Gasteiger partial charge in [-0.25, -0.2) is 0 Å². The van der Waals surface area contributed by atoms with Crippen LogP contribution in [0.1, 0.15) is 18.4 Å². The van der Waals surface area contributed by atoms with Crippen molar-refractivity contribution in [3.63, 3.8) is 0 Å². The van der Waals surface area contributed by atoms with Gasteiger partial charge in [0.25, 0.3) is 0 Å². The lowest BCUT2D eigenvalue weighted by Crippen LogP contribution is -2.43. The van der Waals surface area contributed by atoms with Gasteiger partial charge in [-0.2, -0.15) is 5.26 Å². The number of aromatic nitrogens is 1. The molecular formula is C14H18N4O. The first-order valence-electron chi connectivity index (χ1n) is 6.47. The maximum absolute atomic E-state index is 12.5. The molecule has 1 saturated heterocycles. The number of carbonyl (C=O) groups excluding carboxylic acids is 1. The minimum Gasteiger partial charge on any atom is -0.337 e. The van der Waals surface area contributed by atoms with Crippen molar-refractivity contribution in [3.05, 3.63) is 30.1 Å². The predicted molar refractivity (Wildman–Crippen MR) is 70.9 cm³/mol. The third-order valence-corrected chi connectivity index (χ3v) is 3.45. The van der Waals surface area contributed by atoms with E-state index in [1.54, 1.807) is 12.4 Å². The summed E-state index contributed by atoms with van der Waals surface area (Å²) >= 11 is 0. The maximum Gasteiger partial charge on any atom is 0.241 e. The summed E-state index contributed by atoms with van der Waals surface area (Å²) in [5.74, 6) is 0.0467. The quantitative estimate of drug-likeness (QED) is 0.812. The van der Waals surface area contributed by atoms with Gasteiger partial charge in [-0.05, 0) is 25.1 Å². The van der Waals surface area contributed by atoms with Gasteiger partial charge in [0.15, 0.2) is 0 Å². The number of amides is 1. The number of likely N-dealkylation sites (N-methyl/N-ethyl adjacent to an activating group) is 1. The predicted octanol–water partition coefficient (Wildman–Crippen LogP) is 1.03. The minimum absolute atomic E-state index is 0.0467. The zero-order chi connectivity index (χ0) is 13.7. The number of carbonyl (C=O) groups is 1. The van der Waals surface area contributed by atoms with E-state index in [4.69, 9.17) is 5.26 Å². The van der Waals surface area contributed by atoms with Crippen molar-refractivity contribution < 1.29 is 4.79 Å². The molecule has 1 unspecified atom stereocenters. The first-order chi connectivity index (χ1) is 9.22. The van der Waals surface area contributed by atoms with E-state index in [0.29, 0.717) is 6.54 Å². The van der Waals surface area contributed by atoms with Crippen LogP contribution < -0.4 is 0 Å². The lowest BCUT2D eigenvalue weighted by atomic mass is 10.1. The largest absolute Gasteiger partial charge is 0.337 e. The van der Waals surface area contributed by atoms with Crippen LogP contribution in [0.2, 0.25) is 0 Å².